The number of carbonyl (C=O) groups excluding carboxylic acids is 1. The SMILES string of the molecule is CCN=C/C=C(\N)C(=C=O)CC. The Morgan fingerprint density at radius 1 is 1.58 bits per heavy atom. The molecule has 12 heavy (non-hydrogen) atoms. The minimum atomic E-state index is 0.449. The molecule has 0 aliphatic rings. The quantitative estimate of drug-likeness (QED) is 0.386. The molecule has 0 rings (SSSR count). The molecular formula is C9H14N2O. The molecule has 0 aliphatic carbocycles. The van der Waals surface area contributed by atoms with E-state index in [1.165, 1.54) is 0 Å². The topological polar surface area (TPSA) is 55.4 Å². The molecule has 0 amide bonds. The predicted molar refractivity (Wildman–Crippen MR) is 50.8 cm³/mol. The highest BCUT2D eigenvalue weighted by Gasteiger charge is 1.96. The van der Waals surface area contributed by atoms with E-state index in [9.17, 15) is 4.79 Å². The Labute approximate surface area is 72.7 Å². The number of hydrogen-bond acceptors (Lipinski definition) is 3. The molecule has 0 atom stereocenters. The van der Waals surface area contributed by atoms with Crippen molar-refractivity contribution in [1.29, 1.82) is 0 Å². The molecule has 0 aliphatic heterocycles. The second-order valence-corrected chi connectivity index (χ2v) is 2.20. The number of aliphatic imine (C=N–C) groups is 1. The number of allylic oxidation sites excluding steroid dienone is 2. The Balaban J connectivity index is 4.36. The normalized spacial score (nSPS) is 11.7. The van der Waals surface area contributed by atoms with E-state index in [1.54, 1.807) is 18.2 Å². The molecule has 2 N–H and O–H groups in total. The van der Waals surface area contributed by atoms with Crippen LogP contribution in [0.15, 0.2) is 22.3 Å². The lowest BCUT2D eigenvalue weighted by Crippen LogP contribution is -2.01. The van der Waals surface area contributed by atoms with Crippen LogP contribution in [0.1, 0.15) is 20.3 Å². The average molecular weight is 166 g/mol. The summed E-state index contributed by atoms with van der Waals surface area (Å²) in [5, 5.41) is 0. The van der Waals surface area contributed by atoms with Crippen LogP contribution >= 0.6 is 0 Å². The Morgan fingerprint density at radius 2 is 2.25 bits per heavy atom. The van der Waals surface area contributed by atoms with Crippen molar-refractivity contribution in [2.24, 2.45) is 10.7 Å². The molecule has 66 valence electrons. The Bertz CT molecular complexity index is 235. The van der Waals surface area contributed by atoms with Crippen molar-refractivity contribution in [3.63, 3.8) is 0 Å². The van der Waals surface area contributed by atoms with Crippen LogP contribution in [-0.2, 0) is 4.79 Å². The fourth-order valence-corrected chi connectivity index (χ4v) is 0.674. The zero-order chi connectivity index (χ0) is 9.40. The van der Waals surface area contributed by atoms with E-state index in [0.29, 0.717) is 17.7 Å². The first kappa shape index (κ1) is 10.7. The summed E-state index contributed by atoms with van der Waals surface area (Å²) >= 11 is 0. The first-order valence-corrected chi connectivity index (χ1v) is 3.96. The monoisotopic (exact) mass is 166 g/mol. The molecule has 0 bridgehead atoms. The lowest BCUT2D eigenvalue weighted by Gasteiger charge is -1.96. The van der Waals surface area contributed by atoms with E-state index in [1.807, 2.05) is 13.8 Å². The molecule has 0 saturated heterocycles. The first-order valence-electron chi connectivity index (χ1n) is 3.96. The van der Waals surface area contributed by atoms with Gasteiger partial charge < -0.3 is 5.73 Å². The molecule has 0 radical (unpaired) electrons. The third kappa shape index (κ3) is 3.74. The second-order valence-electron chi connectivity index (χ2n) is 2.20. The van der Waals surface area contributed by atoms with Crippen LogP contribution in [0.4, 0.5) is 0 Å². The minimum Gasteiger partial charge on any atom is -0.398 e. The lowest BCUT2D eigenvalue weighted by molar-refractivity contribution is 0.566. The molecule has 3 nitrogen and oxygen atoms in total. The summed E-state index contributed by atoms with van der Waals surface area (Å²) in [5.74, 6) is 1.79. The maximum Gasteiger partial charge on any atom is 0.130 e. The third-order valence-electron chi connectivity index (χ3n) is 1.37. The fraction of sp³-hybridized carbons (Fsp3) is 0.444. The van der Waals surface area contributed by atoms with Crippen molar-refractivity contribution in [1.82, 2.24) is 0 Å². The summed E-state index contributed by atoms with van der Waals surface area (Å²) in [6.45, 7) is 4.50. The molecule has 0 saturated carbocycles. The third-order valence-corrected chi connectivity index (χ3v) is 1.37. The van der Waals surface area contributed by atoms with Crippen molar-refractivity contribution in [2.45, 2.75) is 20.3 Å². The number of hydrogen-bond donors (Lipinski definition) is 1. The predicted octanol–water partition coefficient (Wildman–Crippen LogP) is 1.09. The van der Waals surface area contributed by atoms with Crippen LogP contribution in [0.25, 0.3) is 0 Å². The van der Waals surface area contributed by atoms with Crippen LogP contribution in [0, 0.1) is 0 Å². The Morgan fingerprint density at radius 3 is 2.67 bits per heavy atom. The van der Waals surface area contributed by atoms with Gasteiger partial charge in [-0.1, -0.05) is 6.92 Å². The lowest BCUT2D eigenvalue weighted by atomic mass is 10.1. The largest absolute Gasteiger partial charge is 0.398 e. The summed E-state index contributed by atoms with van der Waals surface area (Å²) < 4.78 is 0. The van der Waals surface area contributed by atoms with Gasteiger partial charge in [-0.2, -0.15) is 0 Å². The number of nitrogens with two attached hydrogens (primary N) is 1. The summed E-state index contributed by atoms with van der Waals surface area (Å²) in [6, 6.07) is 0. The van der Waals surface area contributed by atoms with Gasteiger partial charge in [-0.3, -0.25) is 4.99 Å². The zero-order valence-corrected chi connectivity index (χ0v) is 7.50. The smallest absolute Gasteiger partial charge is 0.130 e. The maximum atomic E-state index is 10.3. The van der Waals surface area contributed by atoms with E-state index in [0.717, 1.165) is 6.54 Å². The van der Waals surface area contributed by atoms with E-state index in [-0.39, 0.29) is 0 Å². The fourth-order valence-electron chi connectivity index (χ4n) is 0.674. The molecule has 0 aromatic heterocycles. The standard InChI is InChI=1S/C9H14N2O/c1-3-8(7-12)9(10)5-6-11-4-2/h5-6H,3-4,10H2,1-2H3/b9-5-,11-6?. The second kappa shape index (κ2) is 6.38. The van der Waals surface area contributed by atoms with Gasteiger partial charge in [-0.25, -0.2) is 4.79 Å². The van der Waals surface area contributed by atoms with E-state index >= 15 is 0 Å². The summed E-state index contributed by atoms with van der Waals surface area (Å²) in [7, 11) is 0. The zero-order valence-electron chi connectivity index (χ0n) is 7.50. The van der Waals surface area contributed by atoms with Crippen molar-refractivity contribution in [3.05, 3.63) is 17.3 Å². The summed E-state index contributed by atoms with van der Waals surface area (Å²) in [5.41, 5.74) is 6.50. The van der Waals surface area contributed by atoms with Crippen molar-refractivity contribution < 1.29 is 4.79 Å². The van der Waals surface area contributed by atoms with Crippen LogP contribution in [0.2, 0.25) is 0 Å². The first-order chi connectivity index (χ1) is 5.76. The summed E-state index contributed by atoms with van der Waals surface area (Å²) in [4.78, 5) is 14.2. The van der Waals surface area contributed by atoms with Crippen molar-refractivity contribution in [3.8, 4) is 0 Å². The van der Waals surface area contributed by atoms with Gasteiger partial charge in [0.25, 0.3) is 0 Å². The molecule has 0 unspecified atom stereocenters. The molecule has 3 heteroatoms. The van der Waals surface area contributed by atoms with Gasteiger partial charge in [0, 0.05) is 18.5 Å². The van der Waals surface area contributed by atoms with Crippen molar-refractivity contribution in [2.75, 3.05) is 6.54 Å². The van der Waals surface area contributed by atoms with E-state index < -0.39 is 0 Å². The number of rotatable bonds is 4. The van der Waals surface area contributed by atoms with Crippen molar-refractivity contribution >= 4 is 12.2 Å². The van der Waals surface area contributed by atoms with Gasteiger partial charge in [0.05, 0.1) is 5.57 Å². The van der Waals surface area contributed by atoms with E-state index in [4.69, 9.17) is 5.73 Å². The molecule has 0 spiro atoms. The highest BCUT2D eigenvalue weighted by Crippen LogP contribution is 2.02. The minimum absolute atomic E-state index is 0.449. The van der Waals surface area contributed by atoms with Crippen LogP contribution in [0.5, 0.6) is 0 Å². The molecule has 0 aromatic rings. The Hall–Kier alpha value is -1.34. The Kier molecular flexibility index (Phi) is 5.66. The summed E-state index contributed by atoms with van der Waals surface area (Å²) in [6.07, 6.45) is 3.82. The van der Waals surface area contributed by atoms with Gasteiger partial charge in [0.15, 0.2) is 0 Å². The van der Waals surface area contributed by atoms with Gasteiger partial charge in [-0.15, -0.1) is 0 Å². The highest BCUT2D eigenvalue weighted by molar-refractivity contribution is 5.75. The van der Waals surface area contributed by atoms with Crippen LogP contribution in [-0.4, -0.2) is 18.7 Å². The van der Waals surface area contributed by atoms with E-state index in [2.05, 4.69) is 4.99 Å². The molecular weight excluding hydrogens is 152 g/mol. The van der Waals surface area contributed by atoms with Crippen LogP contribution < -0.4 is 5.73 Å². The van der Waals surface area contributed by atoms with Crippen LogP contribution in [0.3, 0.4) is 0 Å². The molecule has 0 fully saturated rings. The van der Waals surface area contributed by atoms with Gasteiger partial charge >= 0.3 is 0 Å². The molecule has 0 heterocycles. The molecule has 0 aromatic carbocycles. The highest BCUT2D eigenvalue weighted by atomic mass is 16.1. The van der Waals surface area contributed by atoms with Gasteiger partial charge in [-0.05, 0) is 19.4 Å². The number of nitrogens with zero attached hydrogens (tertiary/aromatic N) is 1. The maximum absolute atomic E-state index is 10.3. The van der Waals surface area contributed by atoms with Gasteiger partial charge in [0.1, 0.15) is 5.94 Å². The van der Waals surface area contributed by atoms with Gasteiger partial charge in [0.2, 0.25) is 0 Å². The average Bonchev–Trinajstić information content (AvgIpc) is 2.07.